The fraction of sp³-hybridized carbons (Fsp3) is 0.419. The summed E-state index contributed by atoms with van der Waals surface area (Å²) in [6.45, 7) is 12.2. The van der Waals surface area contributed by atoms with Crippen LogP contribution in [-0.4, -0.2) is 77.8 Å². The van der Waals surface area contributed by atoms with Gasteiger partial charge in [-0.05, 0) is 56.4 Å². The number of carbonyl (C=O) groups excluding carboxylic acids is 2. The summed E-state index contributed by atoms with van der Waals surface area (Å²) in [5.74, 6) is 6.09. The Balaban J connectivity index is 0.000000883. The molecule has 1 aliphatic heterocycles. The van der Waals surface area contributed by atoms with Gasteiger partial charge < -0.3 is 20.1 Å². The molecule has 2 N–H and O–H groups in total. The lowest BCUT2D eigenvalue weighted by molar-refractivity contribution is -0.126. The molecule has 1 aliphatic rings. The molecule has 0 aliphatic carbocycles. The number of hydrogen-bond donors (Lipinski definition) is 2. The third-order valence-electron chi connectivity index (χ3n) is 5.21. The van der Waals surface area contributed by atoms with E-state index in [-0.39, 0.29) is 0 Å². The summed E-state index contributed by atoms with van der Waals surface area (Å²) in [6.07, 6.45) is 4.69. The van der Waals surface area contributed by atoms with Crippen LogP contribution in [0.5, 0.6) is 0 Å². The number of methoxy groups -OCH3 is 1. The summed E-state index contributed by atoms with van der Waals surface area (Å²) in [5.41, 5.74) is 4.02. The fourth-order valence-electron chi connectivity index (χ4n) is 3.07. The standard InChI is InChI=1S/C22H21NO2.C5H14N2.C2H4O2.C2H6/c24-18-22-11-7-20(8-12-22)4-2-1-3-19-5-9-21(10-6-19)17-23-13-15-25-16-14-23;1-5(7-3)4-6-2;1-4-2-3;1-2/h1,3,5-12,18H,13-17H2;5-7H,4H2,1-3H3;2H,1H3;1-2H3/b3-1+;;;. The molecule has 2 aromatic carbocycles. The molecule has 7 heteroatoms. The fourth-order valence-corrected chi connectivity index (χ4v) is 3.07. The molecule has 1 atom stereocenters. The lowest BCUT2D eigenvalue weighted by atomic mass is 10.1. The molecule has 7 nitrogen and oxygen atoms in total. The molecular weight excluding hydrogens is 478 g/mol. The maximum atomic E-state index is 10.6. The molecule has 0 spiro atoms. The molecule has 1 saturated heterocycles. The third-order valence-corrected chi connectivity index (χ3v) is 5.21. The Morgan fingerprint density at radius 2 is 1.58 bits per heavy atom. The van der Waals surface area contributed by atoms with Gasteiger partial charge in [0.15, 0.2) is 0 Å². The van der Waals surface area contributed by atoms with Crippen molar-refractivity contribution in [2.45, 2.75) is 33.4 Å². The first-order valence-electron chi connectivity index (χ1n) is 13.0. The van der Waals surface area contributed by atoms with Gasteiger partial charge >= 0.3 is 0 Å². The van der Waals surface area contributed by atoms with Crippen molar-refractivity contribution in [2.75, 3.05) is 54.1 Å². The maximum absolute atomic E-state index is 10.6. The number of benzene rings is 2. The highest BCUT2D eigenvalue weighted by Crippen LogP contribution is 2.10. The largest absolute Gasteiger partial charge is 0.471 e. The predicted molar refractivity (Wildman–Crippen MR) is 157 cm³/mol. The average molecular weight is 524 g/mol. The quantitative estimate of drug-likeness (QED) is 0.400. The second-order valence-electron chi connectivity index (χ2n) is 8.05. The molecule has 0 radical (unpaired) electrons. The first-order valence-corrected chi connectivity index (χ1v) is 13.0. The summed E-state index contributed by atoms with van der Waals surface area (Å²) >= 11 is 0. The van der Waals surface area contributed by atoms with E-state index in [0.29, 0.717) is 18.1 Å². The maximum Gasteiger partial charge on any atom is 0.292 e. The van der Waals surface area contributed by atoms with Gasteiger partial charge in [-0.1, -0.05) is 62.1 Å². The zero-order valence-electron chi connectivity index (χ0n) is 23.8. The van der Waals surface area contributed by atoms with Crippen LogP contribution in [-0.2, 0) is 20.8 Å². The minimum atomic E-state index is 0.375. The zero-order valence-corrected chi connectivity index (χ0v) is 23.8. The molecule has 0 bridgehead atoms. The van der Waals surface area contributed by atoms with Crippen molar-refractivity contribution in [1.82, 2.24) is 15.5 Å². The molecule has 0 amide bonds. The van der Waals surface area contributed by atoms with E-state index in [1.165, 1.54) is 12.7 Å². The highest BCUT2D eigenvalue weighted by atomic mass is 16.5. The lowest BCUT2D eigenvalue weighted by Crippen LogP contribution is -2.35. The minimum Gasteiger partial charge on any atom is -0.471 e. The third kappa shape index (κ3) is 17.2. The van der Waals surface area contributed by atoms with Gasteiger partial charge in [0.1, 0.15) is 6.29 Å². The highest BCUT2D eigenvalue weighted by Gasteiger charge is 2.10. The Kier molecular flexibility index (Phi) is 22.0. The van der Waals surface area contributed by atoms with Crippen LogP contribution in [0.1, 0.15) is 47.8 Å². The number of ether oxygens (including phenoxy) is 2. The van der Waals surface area contributed by atoms with E-state index >= 15 is 0 Å². The van der Waals surface area contributed by atoms with Crippen molar-refractivity contribution in [3.63, 3.8) is 0 Å². The number of nitrogens with zero attached hydrogens (tertiary/aromatic N) is 1. The van der Waals surface area contributed by atoms with Crippen molar-refractivity contribution >= 4 is 18.8 Å². The Labute approximate surface area is 229 Å². The molecule has 1 fully saturated rings. The van der Waals surface area contributed by atoms with E-state index in [1.807, 2.05) is 52.2 Å². The summed E-state index contributed by atoms with van der Waals surface area (Å²) < 4.78 is 9.24. The number of hydrogen-bond acceptors (Lipinski definition) is 7. The number of aldehydes is 1. The second kappa shape index (κ2) is 24.1. The summed E-state index contributed by atoms with van der Waals surface area (Å²) in [4.78, 5) is 22.0. The van der Waals surface area contributed by atoms with Crippen LogP contribution in [0.2, 0.25) is 0 Å². The minimum absolute atomic E-state index is 0.375. The smallest absolute Gasteiger partial charge is 0.292 e. The van der Waals surface area contributed by atoms with Crippen molar-refractivity contribution in [2.24, 2.45) is 0 Å². The number of allylic oxidation sites excluding steroid dienone is 1. The van der Waals surface area contributed by atoms with Gasteiger partial charge in [-0.2, -0.15) is 0 Å². The zero-order chi connectivity index (χ0) is 28.4. The van der Waals surface area contributed by atoms with Crippen LogP contribution >= 0.6 is 0 Å². The lowest BCUT2D eigenvalue weighted by Gasteiger charge is -2.26. The Morgan fingerprint density at radius 1 is 1.00 bits per heavy atom. The second-order valence-corrected chi connectivity index (χ2v) is 8.05. The normalized spacial score (nSPS) is 13.1. The molecule has 208 valence electrons. The molecule has 0 aromatic heterocycles. The topological polar surface area (TPSA) is 79.9 Å². The van der Waals surface area contributed by atoms with Crippen molar-refractivity contribution in [1.29, 1.82) is 0 Å². The van der Waals surface area contributed by atoms with Crippen LogP contribution < -0.4 is 10.6 Å². The molecule has 1 unspecified atom stereocenters. The highest BCUT2D eigenvalue weighted by molar-refractivity contribution is 5.74. The van der Waals surface area contributed by atoms with E-state index in [1.54, 1.807) is 12.1 Å². The van der Waals surface area contributed by atoms with Gasteiger partial charge in [0.05, 0.1) is 20.3 Å². The Hall–Kier alpha value is -3.28. The van der Waals surface area contributed by atoms with Gasteiger partial charge in [0.2, 0.25) is 0 Å². The van der Waals surface area contributed by atoms with Crippen LogP contribution in [0.25, 0.3) is 6.08 Å². The molecule has 38 heavy (non-hydrogen) atoms. The Morgan fingerprint density at radius 3 is 2.05 bits per heavy atom. The summed E-state index contributed by atoms with van der Waals surface area (Å²) in [7, 11) is 5.23. The van der Waals surface area contributed by atoms with E-state index in [4.69, 9.17) is 9.53 Å². The number of carbonyl (C=O) groups is 2. The first-order chi connectivity index (χ1) is 18.6. The SMILES string of the molecule is CC.CNCC(C)NC.COC=O.O=Cc1ccc(C#C/C=C/c2ccc(CN3CCOCC3)cc2)cc1. The molecule has 3 rings (SSSR count). The predicted octanol–water partition coefficient (Wildman–Crippen LogP) is 4.03. The molecule has 0 saturated carbocycles. The van der Waals surface area contributed by atoms with Gasteiger partial charge in [0.25, 0.3) is 6.47 Å². The van der Waals surface area contributed by atoms with Crippen LogP contribution in [0, 0.1) is 11.8 Å². The van der Waals surface area contributed by atoms with Crippen LogP contribution in [0.4, 0.5) is 0 Å². The summed E-state index contributed by atoms with van der Waals surface area (Å²) in [6, 6.07) is 16.4. The van der Waals surface area contributed by atoms with Crippen molar-refractivity contribution < 1.29 is 19.1 Å². The number of nitrogens with one attached hydrogen (secondary N) is 2. The average Bonchev–Trinajstić information content (AvgIpc) is 2.98. The van der Waals surface area contributed by atoms with Gasteiger partial charge in [0, 0.05) is 43.3 Å². The van der Waals surface area contributed by atoms with Crippen LogP contribution in [0.3, 0.4) is 0 Å². The van der Waals surface area contributed by atoms with Crippen molar-refractivity contribution in [3.05, 3.63) is 76.9 Å². The van der Waals surface area contributed by atoms with E-state index in [0.717, 1.165) is 56.8 Å². The van der Waals surface area contributed by atoms with E-state index in [2.05, 4.69) is 63.3 Å². The number of morpholine rings is 1. The van der Waals surface area contributed by atoms with Gasteiger partial charge in [-0.3, -0.25) is 14.5 Å². The first kappa shape index (κ1) is 34.7. The van der Waals surface area contributed by atoms with E-state index in [9.17, 15) is 4.79 Å². The van der Waals surface area contributed by atoms with Crippen molar-refractivity contribution in [3.8, 4) is 11.8 Å². The number of rotatable bonds is 8. The van der Waals surface area contributed by atoms with Crippen LogP contribution in [0.15, 0.2) is 54.6 Å². The molecule has 1 heterocycles. The summed E-state index contributed by atoms with van der Waals surface area (Å²) in [5, 5.41) is 6.16. The van der Waals surface area contributed by atoms with Gasteiger partial charge in [-0.25, -0.2) is 0 Å². The number of likely N-dealkylation sites (N-methyl/N-ethyl adjacent to an activating group) is 2. The van der Waals surface area contributed by atoms with Gasteiger partial charge in [-0.15, -0.1) is 0 Å². The Bertz CT molecular complexity index is 942. The monoisotopic (exact) mass is 523 g/mol. The van der Waals surface area contributed by atoms with E-state index < -0.39 is 0 Å². The molecule has 2 aromatic rings. The molecular formula is C31H45N3O4.